The molecule has 0 atom stereocenters. The van der Waals surface area contributed by atoms with Crippen LogP contribution in [0, 0.1) is 0 Å². The Morgan fingerprint density at radius 3 is 2.89 bits per heavy atom. The molecule has 2 nitrogen and oxygen atoms in total. The van der Waals surface area contributed by atoms with Crippen LogP contribution in [0.3, 0.4) is 0 Å². The molecule has 0 N–H and O–H groups in total. The minimum atomic E-state index is -0.0717. The molecule has 1 heterocycles. The molecule has 1 aliphatic rings. The number of hydrogen-bond acceptors (Lipinski definition) is 4. The van der Waals surface area contributed by atoms with Gasteiger partial charge in [-0.05, 0) is 35.5 Å². The first-order valence-corrected chi connectivity index (χ1v) is 7.87. The molecule has 1 aliphatic heterocycles. The van der Waals surface area contributed by atoms with E-state index >= 15 is 0 Å². The fraction of sp³-hybridized carbons (Fsp3) is 0.0769. The van der Waals surface area contributed by atoms with Crippen LogP contribution in [0.15, 0.2) is 41.5 Å². The van der Waals surface area contributed by atoms with Gasteiger partial charge in [0.05, 0.1) is 0 Å². The maximum absolute atomic E-state index is 11.8. The quantitative estimate of drug-likeness (QED) is 0.584. The molecule has 0 unspecified atom stereocenters. The van der Waals surface area contributed by atoms with E-state index in [4.69, 9.17) is 23.2 Å². The van der Waals surface area contributed by atoms with Gasteiger partial charge in [0.2, 0.25) is 5.12 Å². The molecule has 98 valence electrons. The van der Waals surface area contributed by atoms with Crippen molar-refractivity contribution in [3.63, 3.8) is 0 Å². The maximum atomic E-state index is 11.8. The highest BCUT2D eigenvalue weighted by atomic mass is 35.5. The fourth-order valence-electron chi connectivity index (χ4n) is 1.35. The summed E-state index contributed by atoms with van der Waals surface area (Å²) in [6.45, 7) is 3.63. The maximum Gasteiger partial charge on any atom is 0.244 e. The van der Waals surface area contributed by atoms with Crippen LogP contribution in [0.5, 0.6) is 0 Å². The molecule has 1 aromatic carbocycles. The first kappa shape index (κ1) is 14.7. The highest BCUT2D eigenvalue weighted by Gasteiger charge is 2.22. The highest BCUT2D eigenvalue weighted by molar-refractivity contribution is 8.45. The smallest absolute Gasteiger partial charge is 0.244 e. The number of benzene rings is 1. The van der Waals surface area contributed by atoms with Crippen molar-refractivity contribution < 1.29 is 4.79 Å². The molecule has 6 heteroatoms. The minimum Gasteiger partial charge on any atom is -0.279 e. The van der Waals surface area contributed by atoms with Gasteiger partial charge in [-0.3, -0.25) is 4.79 Å². The first-order chi connectivity index (χ1) is 9.10. The second-order valence-corrected chi connectivity index (χ2v) is 6.63. The van der Waals surface area contributed by atoms with Gasteiger partial charge in [-0.2, -0.15) is 0 Å². The Kier molecular flexibility index (Phi) is 5.16. The van der Waals surface area contributed by atoms with Gasteiger partial charge in [0.15, 0.2) is 0 Å². The van der Waals surface area contributed by atoms with E-state index in [1.807, 2.05) is 0 Å². The van der Waals surface area contributed by atoms with Crippen LogP contribution in [0.2, 0.25) is 10.0 Å². The Balaban J connectivity index is 2.25. The van der Waals surface area contributed by atoms with Crippen LogP contribution >= 0.6 is 46.7 Å². The third-order valence-corrected chi connectivity index (χ3v) is 4.75. The number of thioether (sulfide) groups is 2. The minimum absolute atomic E-state index is 0.0717. The molecule has 19 heavy (non-hydrogen) atoms. The SMILES string of the molecule is C=CCSC1=N/C(=C/c2ccc(Cl)cc2Cl)C(=O)S1. The van der Waals surface area contributed by atoms with Crippen LogP contribution in [-0.2, 0) is 4.79 Å². The van der Waals surface area contributed by atoms with Gasteiger partial charge in [-0.1, -0.05) is 47.1 Å². The van der Waals surface area contributed by atoms with Crippen LogP contribution in [0.4, 0.5) is 0 Å². The number of halogens is 2. The number of rotatable bonds is 3. The van der Waals surface area contributed by atoms with Crippen molar-refractivity contribution in [2.45, 2.75) is 0 Å². The number of nitrogens with zero attached hydrogens (tertiary/aromatic N) is 1. The summed E-state index contributed by atoms with van der Waals surface area (Å²) in [7, 11) is 0. The lowest BCUT2D eigenvalue weighted by molar-refractivity contribution is -0.107. The molecule has 0 bridgehead atoms. The average Bonchev–Trinajstić information content (AvgIpc) is 2.71. The van der Waals surface area contributed by atoms with Crippen molar-refractivity contribution in [3.05, 3.63) is 52.2 Å². The van der Waals surface area contributed by atoms with Gasteiger partial charge in [0, 0.05) is 15.8 Å². The summed E-state index contributed by atoms with van der Waals surface area (Å²) in [6, 6.07) is 5.13. The lowest BCUT2D eigenvalue weighted by Crippen LogP contribution is -1.88. The molecular weight excluding hydrogens is 321 g/mol. The summed E-state index contributed by atoms with van der Waals surface area (Å²) < 4.78 is 0.737. The van der Waals surface area contributed by atoms with E-state index in [9.17, 15) is 4.79 Å². The molecule has 0 amide bonds. The van der Waals surface area contributed by atoms with E-state index in [2.05, 4.69) is 11.6 Å². The van der Waals surface area contributed by atoms with Crippen LogP contribution < -0.4 is 0 Å². The molecule has 0 aliphatic carbocycles. The van der Waals surface area contributed by atoms with Crippen molar-refractivity contribution in [1.29, 1.82) is 0 Å². The fourth-order valence-corrected chi connectivity index (χ4v) is 3.41. The number of carbonyl (C=O) groups is 1. The lowest BCUT2D eigenvalue weighted by Gasteiger charge is -1.99. The van der Waals surface area contributed by atoms with Crippen molar-refractivity contribution in [3.8, 4) is 0 Å². The van der Waals surface area contributed by atoms with Crippen LogP contribution in [0.1, 0.15) is 5.56 Å². The average molecular weight is 330 g/mol. The second-order valence-electron chi connectivity index (χ2n) is 3.56. The summed E-state index contributed by atoms with van der Waals surface area (Å²) in [4.78, 5) is 16.1. The molecule has 1 aromatic rings. The van der Waals surface area contributed by atoms with E-state index in [0.717, 1.165) is 27.5 Å². The van der Waals surface area contributed by atoms with E-state index in [1.54, 1.807) is 30.4 Å². The Bertz CT molecular complexity index is 596. The second kappa shape index (κ2) is 6.66. The molecular formula is C13H9Cl2NOS2. The molecule has 0 saturated heterocycles. The molecule has 0 saturated carbocycles. The van der Waals surface area contributed by atoms with Crippen LogP contribution in [0.25, 0.3) is 6.08 Å². The van der Waals surface area contributed by atoms with Gasteiger partial charge in [0.25, 0.3) is 0 Å². The zero-order valence-electron chi connectivity index (χ0n) is 9.73. The predicted octanol–water partition coefficient (Wildman–Crippen LogP) is 4.88. The molecule has 0 spiro atoms. The summed E-state index contributed by atoms with van der Waals surface area (Å²) in [5, 5.41) is 0.989. The third kappa shape index (κ3) is 3.89. The van der Waals surface area contributed by atoms with E-state index < -0.39 is 0 Å². The number of aliphatic imine (C=N–C) groups is 1. The molecule has 2 rings (SSSR count). The Labute approximate surface area is 130 Å². The topological polar surface area (TPSA) is 29.4 Å². The lowest BCUT2D eigenvalue weighted by atomic mass is 10.2. The van der Waals surface area contributed by atoms with Gasteiger partial charge in [-0.25, -0.2) is 4.99 Å². The Morgan fingerprint density at radius 2 is 2.21 bits per heavy atom. The van der Waals surface area contributed by atoms with Gasteiger partial charge in [0.1, 0.15) is 10.1 Å². The summed E-state index contributed by atoms with van der Waals surface area (Å²) in [5.74, 6) is 0.730. The van der Waals surface area contributed by atoms with E-state index in [1.165, 1.54) is 11.8 Å². The number of carbonyl (C=O) groups excluding carboxylic acids is 1. The van der Waals surface area contributed by atoms with Crippen molar-refractivity contribution in [2.24, 2.45) is 4.99 Å². The predicted molar refractivity (Wildman–Crippen MR) is 87.1 cm³/mol. The van der Waals surface area contributed by atoms with Gasteiger partial charge < -0.3 is 0 Å². The van der Waals surface area contributed by atoms with Crippen molar-refractivity contribution in [1.82, 2.24) is 0 Å². The normalized spacial score (nSPS) is 16.8. The molecule has 0 aromatic heterocycles. The monoisotopic (exact) mass is 329 g/mol. The summed E-state index contributed by atoms with van der Waals surface area (Å²) >= 11 is 14.5. The zero-order valence-corrected chi connectivity index (χ0v) is 12.9. The Morgan fingerprint density at radius 1 is 1.42 bits per heavy atom. The Hall–Kier alpha value is -0.680. The van der Waals surface area contributed by atoms with E-state index in [-0.39, 0.29) is 5.12 Å². The summed E-state index contributed by atoms with van der Waals surface area (Å²) in [6.07, 6.45) is 3.45. The molecule has 0 radical (unpaired) electrons. The third-order valence-electron chi connectivity index (χ3n) is 2.18. The molecule has 0 fully saturated rings. The summed E-state index contributed by atoms with van der Waals surface area (Å²) in [5.41, 5.74) is 1.13. The highest BCUT2D eigenvalue weighted by Crippen LogP contribution is 2.32. The van der Waals surface area contributed by atoms with Crippen molar-refractivity contribution in [2.75, 3.05) is 5.75 Å². The van der Waals surface area contributed by atoms with Gasteiger partial charge in [-0.15, -0.1) is 6.58 Å². The van der Waals surface area contributed by atoms with Crippen LogP contribution in [-0.4, -0.2) is 15.2 Å². The zero-order chi connectivity index (χ0) is 13.8. The van der Waals surface area contributed by atoms with Crippen molar-refractivity contribution >= 4 is 62.3 Å². The standard InChI is InChI=1S/C13H9Cl2NOS2/c1-2-5-18-13-16-11(12(17)19-13)6-8-3-4-9(14)7-10(8)15/h2-4,6-7H,1,5H2/b11-6+. The van der Waals surface area contributed by atoms with Gasteiger partial charge >= 0.3 is 0 Å². The largest absolute Gasteiger partial charge is 0.279 e. The first-order valence-electron chi connectivity index (χ1n) is 5.31. The van der Waals surface area contributed by atoms with E-state index in [0.29, 0.717) is 15.7 Å². The number of hydrogen-bond donors (Lipinski definition) is 0.